The van der Waals surface area contributed by atoms with Gasteiger partial charge in [-0.25, -0.2) is 4.79 Å². The van der Waals surface area contributed by atoms with Gasteiger partial charge in [0.05, 0.1) is 19.3 Å². The molecule has 3 N–H and O–H groups in total. The molecule has 0 bridgehead atoms. The van der Waals surface area contributed by atoms with Crippen LogP contribution in [0.5, 0.6) is 5.75 Å². The molecular weight excluding hydrogens is 356 g/mol. The van der Waals surface area contributed by atoms with Crippen molar-refractivity contribution in [2.45, 2.75) is 44.9 Å². The normalized spacial score (nSPS) is 13.3. The predicted octanol–water partition coefficient (Wildman–Crippen LogP) is 3.60. The highest BCUT2D eigenvalue weighted by Crippen LogP contribution is 2.17. The fourth-order valence-electron chi connectivity index (χ4n) is 2.71. The summed E-state index contributed by atoms with van der Waals surface area (Å²) >= 11 is 0. The Morgan fingerprint density at radius 1 is 1.11 bits per heavy atom. The molecule has 152 valence electrons. The van der Waals surface area contributed by atoms with E-state index in [1.165, 1.54) is 0 Å². The van der Waals surface area contributed by atoms with Crippen LogP contribution in [-0.4, -0.2) is 42.6 Å². The number of aliphatic hydroxyl groups is 1. The average Bonchev–Trinajstić information content (AvgIpc) is 2.65. The largest absolute Gasteiger partial charge is 0.497 e. The molecule has 0 unspecified atom stereocenters. The Bertz CT molecular complexity index is 744. The van der Waals surface area contributed by atoms with Crippen LogP contribution in [0.15, 0.2) is 54.6 Å². The van der Waals surface area contributed by atoms with E-state index < -0.39 is 23.8 Å². The fraction of sp³-hybridized carbons (Fsp3) is 0.409. The second-order valence-electron chi connectivity index (χ2n) is 7.62. The van der Waals surface area contributed by atoms with Crippen molar-refractivity contribution in [3.05, 3.63) is 60.2 Å². The van der Waals surface area contributed by atoms with Crippen molar-refractivity contribution < 1.29 is 19.4 Å². The molecule has 6 heteroatoms. The van der Waals surface area contributed by atoms with E-state index >= 15 is 0 Å². The molecule has 0 aromatic heterocycles. The lowest BCUT2D eigenvalue weighted by atomic mass is 10.0. The highest BCUT2D eigenvalue weighted by molar-refractivity contribution is 5.68. The fourth-order valence-corrected chi connectivity index (χ4v) is 2.71. The minimum Gasteiger partial charge on any atom is -0.497 e. The van der Waals surface area contributed by atoms with E-state index in [-0.39, 0.29) is 6.54 Å². The lowest BCUT2D eigenvalue weighted by Gasteiger charge is -2.27. The minimum atomic E-state index is -0.820. The molecule has 0 aliphatic rings. The van der Waals surface area contributed by atoms with Crippen LogP contribution in [0, 0.1) is 0 Å². The first-order chi connectivity index (χ1) is 13.3. The number of ether oxygens (including phenoxy) is 2. The van der Waals surface area contributed by atoms with Crippen molar-refractivity contribution in [1.82, 2.24) is 5.32 Å². The van der Waals surface area contributed by atoms with Gasteiger partial charge in [0.15, 0.2) is 0 Å². The van der Waals surface area contributed by atoms with Crippen LogP contribution >= 0.6 is 0 Å². The Morgan fingerprint density at radius 2 is 1.82 bits per heavy atom. The summed E-state index contributed by atoms with van der Waals surface area (Å²) in [5.74, 6) is 0.729. The number of hydrogen-bond acceptors (Lipinski definition) is 5. The molecule has 2 aromatic carbocycles. The molecule has 0 spiro atoms. The van der Waals surface area contributed by atoms with Gasteiger partial charge in [-0.2, -0.15) is 0 Å². The molecule has 0 heterocycles. The summed E-state index contributed by atoms with van der Waals surface area (Å²) in [6.45, 7) is 5.68. The van der Waals surface area contributed by atoms with Gasteiger partial charge in [0.25, 0.3) is 0 Å². The molecule has 0 saturated carbocycles. The van der Waals surface area contributed by atoms with E-state index in [1.54, 1.807) is 27.9 Å². The summed E-state index contributed by atoms with van der Waals surface area (Å²) in [5, 5.41) is 16.7. The summed E-state index contributed by atoms with van der Waals surface area (Å²) in [6.07, 6.45) is -0.881. The standard InChI is InChI=1S/C22H30N2O4/c1-22(2,3)28-21(26)24-19(13-16-9-6-5-7-10-16)20(25)15-23-17-11-8-12-18(14-17)27-4/h5-12,14,19-20,23,25H,13,15H2,1-4H3,(H,24,26)/t19-,20+/m0/s1. The summed E-state index contributed by atoms with van der Waals surface area (Å²) < 4.78 is 10.6. The molecule has 0 aliphatic heterocycles. The van der Waals surface area contributed by atoms with E-state index in [1.807, 2.05) is 54.6 Å². The molecule has 1 amide bonds. The van der Waals surface area contributed by atoms with Crippen LogP contribution in [0.3, 0.4) is 0 Å². The summed E-state index contributed by atoms with van der Waals surface area (Å²) in [5.41, 5.74) is 1.24. The lowest BCUT2D eigenvalue weighted by Crippen LogP contribution is -2.49. The van der Waals surface area contributed by atoms with Crippen LogP contribution in [0.2, 0.25) is 0 Å². The number of benzene rings is 2. The smallest absolute Gasteiger partial charge is 0.407 e. The number of nitrogens with one attached hydrogen (secondary N) is 2. The van der Waals surface area contributed by atoms with Gasteiger partial charge >= 0.3 is 6.09 Å². The lowest BCUT2D eigenvalue weighted by molar-refractivity contribution is 0.0433. The molecular formula is C22H30N2O4. The number of amides is 1. The maximum absolute atomic E-state index is 12.2. The average molecular weight is 386 g/mol. The first-order valence-corrected chi connectivity index (χ1v) is 9.36. The first kappa shape index (κ1) is 21.6. The summed E-state index contributed by atoms with van der Waals surface area (Å²) in [7, 11) is 1.61. The third kappa shape index (κ3) is 7.48. The van der Waals surface area contributed by atoms with Crippen LogP contribution in [-0.2, 0) is 11.2 Å². The van der Waals surface area contributed by atoms with E-state index in [9.17, 15) is 9.90 Å². The van der Waals surface area contributed by atoms with Crippen molar-refractivity contribution in [3.8, 4) is 5.75 Å². The number of carbonyl (C=O) groups excluding carboxylic acids is 1. The van der Waals surface area contributed by atoms with Crippen molar-refractivity contribution in [3.63, 3.8) is 0 Å². The third-order valence-electron chi connectivity index (χ3n) is 4.05. The van der Waals surface area contributed by atoms with Gasteiger partial charge < -0.3 is 25.2 Å². The molecule has 6 nitrogen and oxygen atoms in total. The summed E-state index contributed by atoms with van der Waals surface area (Å²) in [6, 6.07) is 16.7. The highest BCUT2D eigenvalue weighted by atomic mass is 16.6. The van der Waals surface area contributed by atoms with Crippen LogP contribution in [0.4, 0.5) is 10.5 Å². The second-order valence-corrected chi connectivity index (χ2v) is 7.62. The molecule has 0 aliphatic carbocycles. The monoisotopic (exact) mass is 386 g/mol. The zero-order valence-electron chi connectivity index (χ0n) is 16.9. The van der Waals surface area contributed by atoms with Crippen molar-refractivity contribution in [2.24, 2.45) is 0 Å². The second kappa shape index (κ2) is 9.99. The van der Waals surface area contributed by atoms with Gasteiger partial charge in [-0.15, -0.1) is 0 Å². The number of hydrogen-bond donors (Lipinski definition) is 3. The van der Waals surface area contributed by atoms with E-state index in [0.717, 1.165) is 17.0 Å². The maximum atomic E-state index is 12.2. The zero-order chi connectivity index (χ0) is 20.6. The molecule has 2 rings (SSSR count). The van der Waals surface area contributed by atoms with E-state index in [0.29, 0.717) is 6.42 Å². The first-order valence-electron chi connectivity index (χ1n) is 9.36. The van der Waals surface area contributed by atoms with Gasteiger partial charge in [0, 0.05) is 18.3 Å². The minimum absolute atomic E-state index is 0.264. The summed E-state index contributed by atoms with van der Waals surface area (Å²) in [4.78, 5) is 12.2. The van der Waals surface area contributed by atoms with Gasteiger partial charge in [-0.05, 0) is 44.9 Å². The Morgan fingerprint density at radius 3 is 2.46 bits per heavy atom. The topological polar surface area (TPSA) is 79.8 Å². The highest BCUT2D eigenvalue weighted by Gasteiger charge is 2.25. The molecule has 28 heavy (non-hydrogen) atoms. The molecule has 0 saturated heterocycles. The van der Waals surface area contributed by atoms with Crippen LogP contribution in [0.25, 0.3) is 0 Å². The number of methoxy groups -OCH3 is 1. The van der Waals surface area contributed by atoms with Crippen LogP contribution < -0.4 is 15.4 Å². The SMILES string of the molecule is COc1cccc(NC[C@@H](O)[C@H](Cc2ccccc2)NC(=O)OC(C)(C)C)c1. The van der Waals surface area contributed by atoms with E-state index in [2.05, 4.69) is 10.6 Å². The van der Waals surface area contributed by atoms with E-state index in [4.69, 9.17) is 9.47 Å². The number of rotatable bonds is 8. The molecule has 0 radical (unpaired) electrons. The Labute approximate surface area is 166 Å². The Hall–Kier alpha value is -2.73. The van der Waals surface area contributed by atoms with Gasteiger partial charge in [-0.1, -0.05) is 36.4 Å². The number of anilines is 1. The number of alkyl carbamates (subject to hydrolysis) is 1. The molecule has 0 fully saturated rings. The van der Waals surface area contributed by atoms with Crippen molar-refractivity contribution >= 4 is 11.8 Å². The quantitative estimate of drug-likeness (QED) is 0.646. The van der Waals surface area contributed by atoms with Gasteiger partial charge in [0.2, 0.25) is 0 Å². The Balaban J connectivity index is 2.04. The molecule has 2 aromatic rings. The zero-order valence-corrected chi connectivity index (χ0v) is 16.9. The number of aliphatic hydroxyl groups excluding tert-OH is 1. The Kier molecular flexibility index (Phi) is 7.70. The molecule has 2 atom stereocenters. The van der Waals surface area contributed by atoms with Crippen LogP contribution in [0.1, 0.15) is 26.3 Å². The van der Waals surface area contributed by atoms with Gasteiger partial charge in [-0.3, -0.25) is 0 Å². The third-order valence-corrected chi connectivity index (χ3v) is 4.05. The maximum Gasteiger partial charge on any atom is 0.407 e. The predicted molar refractivity (Wildman–Crippen MR) is 111 cm³/mol. The van der Waals surface area contributed by atoms with Gasteiger partial charge in [0.1, 0.15) is 11.4 Å². The van der Waals surface area contributed by atoms with Crippen molar-refractivity contribution in [1.29, 1.82) is 0 Å². The number of carbonyl (C=O) groups is 1. The van der Waals surface area contributed by atoms with Crippen molar-refractivity contribution in [2.75, 3.05) is 19.0 Å².